The fraction of sp³-hybridized carbons (Fsp3) is 0.0323. The average molecular weight is 817 g/mol. The lowest BCUT2D eigenvalue weighted by Crippen LogP contribution is -2.10. The highest BCUT2D eigenvalue weighted by molar-refractivity contribution is 6.11. The van der Waals surface area contributed by atoms with Gasteiger partial charge in [0.2, 0.25) is 0 Å². The van der Waals surface area contributed by atoms with Crippen LogP contribution in [0.4, 0.5) is 17.1 Å². The van der Waals surface area contributed by atoms with Crippen LogP contribution in [-0.2, 0) is 0 Å². The van der Waals surface area contributed by atoms with Crippen LogP contribution in [0.1, 0.15) is 24.0 Å². The Hall–Kier alpha value is -8.20. The van der Waals surface area contributed by atoms with Gasteiger partial charge in [0.1, 0.15) is 0 Å². The summed E-state index contributed by atoms with van der Waals surface area (Å²) < 4.78 is 2.45. The van der Waals surface area contributed by atoms with Crippen molar-refractivity contribution in [1.29, 1.82) is 0 Å². The molecular weight excluding hydrogens is 773 g/mol. The number of hydrogen-bond donors (Lipinski definition) is 0. The van der Waals surface area contributed by atoms with Crippen molar-refractivity contribution >= 4 is 44.4 Å². The van der Waals surface area contributed by atoms with E-state index in [1.807, 2.05) is 0 Å². The standard InChI is InChI=1S/C62H44N2/c1-42-55-22-8-9-23-56(55)59-41-62-60(40-58(42)59)57-24-10-11-25-61(57)64(62)53-36-30-47(31-37-53)48-18-12-19-49(38-48)50-20-13-21-54(39-50)63(51-32-26-45(27-33-51)43-14-4-2-5-15-43)52-34-28-46(29-35-52)44-16-6-3-7-17-44/h2-41,56H,1H3. The zero-order chi connectivity index (χ0) is 42.6. The maximum Gasteiger partial charge on any atom is 0.0544 e. The molecule has 0 saturated carbocycles. The van der Waals surface area contributed by atoms with Gasteiger partial charge in [0.15, 0.2) is 0 Å². The van der Waals surface area contributed by atoms with Gasteiger partial charge in [0.05, 0.1) is 11.0 Å². The fourth-order valence-corrected chi connectivity index (χ4v) is 10.0. The summed E-state index contributed by atoms with van der Waals surface area (Å²) in [5.74, 6) is 0.312. The quantitative estimate of drug-likeness (QED) is 0.148. The lowest BCUT2D eigenvalue weighted by Gasteiger charge is -2.26. The van der Waals surface area contributed by atoms with Crippen molar-refractivity contribution in [3.8, 4) is 50.2 Å². The molecule has 9 aromatic carbocycles. The SMILES string of the molecule is CC1=C2C=CC=CC2c2cc3c(cc21)c1ccccc1n3-c1ccc(-c2cccc(-c3cccc(N(c4ccc(-c5ccccc5)cc4)c4ccc(-c5ccccc5)cc4)c3)c2)cc1. The minimum atomic E-state index is 0.312. The van der Waals surface area contributed by atoms with Crippen LogP contribution in [0.15, 0.2) is 248 Å². The second kappa shape index (κ2) is 15.6. The molecule has 64 heavy (non-hydrogen) atoms. The number of allylic oxidation sites excluding steroid dienone is 6. The molecule has 1 atom stereocenters. The maximum absolute atomic E-state index is 2.45. The third-order valence-electron chi connectivity index (χ3n) is 13.3. The largest absolute Gasteiger partial charge is 0.310 e. The third-order valence-corrected chi connectivity index (χ3v) is 13.3. The summed E-state index contributed by atoms with van der Waals surface area (Å²) >= 11 is 0. The molecule has 10 aromatic rings. The van der Waals surface area contributed by atoms with Gasteiger partial charge in [-0.15, -0.1) is 0 Å². The van der Waals surface area contributed by atoms with Gasteiger partial charge in [0, 0.05) is 39.4 Å². The van der Waals surface area contributed by atoms with Crippen LogP contribution in [0.3, 0.4) is 0 Å². The zero-order valence-corrected chi connectivity index (χ0v) is 35.6. The summed E-state index contributed by atoms with van der Waals surface area (Å²) in [7, 11) is 0. The van der Waals surface area contributed by atoms with Gasteiger partial charge < -0.3 is 9.47 Å². The molecule has 1 heterocycles. The normalized spacial score (nSPS) is 14.0. The molecule has 0 saturated heterocycles. The third kappa shape index (κ3) is 6.51. The Bertz CT molecular complexity index is 3380. The molecule has 302 valence electrons. The number of rotatable bonds is 8. The topological polar surface area (TPSA) is 8.17 Å². The van der Waals surface area contributed by atoms with E-state index in [9.17, 15) is 0 Å². The van der Waals surface area contributed by atoms with Crippen molar-refractivity contribution < 1.29 is 0 Å². The van der Waals surface area contributed by atoms with Crippen LogP contribution < -0.4 is 4.90 Å². The Morgan fingerprint density at radius 2 is 0.922 bits per heavy atom. The number of fused-ring (bicyclic) bond motifs is 6. The summed E-state index contributed by atoms with van der Waals surface area (Å²) in [6.07, 6.45) is 8.98. The van der Waals surface area contributed by atoms with Crippen molar-refractivity contribution in [2.75, 3.05) is 4.90 Å². The zero-order valence-electron chi connectivity index (χ0n) is 35.6. The smallest absolute Gasteiger partial charge is 0.0544 e. The molecule has 2 aliphatic carbocycles. The molecule has 2 aliphatic rings. The minimum Gasteiger partial charge on any atom is -0.310 e. The second-order valence-corrected chi connectivity index (χ2v) is 17.0. The number of anilines is 3. The first-order valence-corrected chi connectivity index (χ1v) is 22.2. The van der Waals surface area contributed by atoms with Crippen molar-refractivity contribution in [2.45, 2.75) is 12.8 Å². The molecule has 0 spiro atoms. The van der Waals surface area contributed by atoms with Gasteiger partial charge in [-0.2, -0.15) is 0 Å². The van der Waals surface area contributed by atoms with Crippen molar-refractivity contribution in [1.82, 2.24) is 4.57 Å². The molecular formula is C62H44N2. The molecule has 0 radical (unpaired) electrons. The van der Waals surface area contributed by atoms with E-state index in [4.69, 9.17) is 0 Å². The van der Waals surface area contributed by atoms with E-state index in [-0.39, 0.29) is 0 Å². The first kappa shape index (κ1) is 37.6. The highest BCUT2D eigenvalue weighted by Crippen LogP contribution is 2.48. The summed E-state index contributed by atoms with van der Waals surface area (Å²) in [4.78, 5) is 2.36. The minimum absolute atomic E-state index is 0.312. The number of para-hydroxylation sites is 1. The van der Waals surface area contributed by atoms with E-state index in [1.54, 1.807) is 0 Å². The Morgan fingerprint density at radius 1 is 0.391 bits per heavy atom. The van der Waals surface area contributed by atoms with Crippen LogP contribution in [0, 0.1) is 0 Å². The summed E-state index contributed by atoms with van der Waals surface area (Å²) in [6, 6.07) is 79.7. The first-order chi connectivity index (χ1) is 31.6. The lowest BCUT2D eigenvalue weighted by molar-refractivity contribution is 1.05. The Kier molecular flexibility index (Phi) is 9.16. The monoisotopic (exact) mass is 816 g/mol. The fourth-order valence-electron chi connectivity index (χ4n) is 10.0. The molecule has 1 unspecified atom stereocenters. The van der Waals surface area contributed by atoms with Crippen LogP contribution in [0.2, 0.25) is 0 Å². The van der Waals surface area contributed by atoms with Gasteiger partial charge in [-0.1, -0.05) is 170 Å². The molecule has 0 amide bonds. The van der Waals surface area contributed by atoms with E-state index in [1.165, 1.54) is 83.0 Å². The molecule has 0 N–H and O–H groups in total. The molecule has 1 aromatic heterocycles. The van der Waals surface area contributed by atoms with Crippen LogP contribution in [-0.4, -0.2) is 4.57 Å². The van der Waals surface area contributed by atoms with Crippen molar-refractivity contribution in [3.63, 3.8) is 0 Å². The molecule has 0 bridgehead atoms. The van der Waals surface area contributed by atoms with Crippen LogP contribution in [0.5, 0.6) is 0 Å². The Labute approximate surface area is 374 Å². The number of benzene rings is 9. The molecule has 2 heteroatoms. The van der Waals surface area contributed by atoms with E-state index in [0.29, 0.717) is 5.92 Å². The molecule has 0 fully saturated rings. The van der Waals surface area contributed by atoms with E-state index in [2.05, 4.69) is 259 Å². The molecule has 0 aliphatic heterocycles. The molecule has 12 rings (SSSR count). The van der Waals surface area contributed by atoms with E-state index >= 15 is 0 Å². The molecule has 2 nitrogen and oxygen atoms in total. The van der Waals surface area contributed by atoms with E-state index in [0.717, 1.165) is 28.3 Å². The number of aromatic nitrogens is 1. The lowest BCUT2D eigenvalue weighted by atomic mass is 9.92. The van der Waals surface area contributed by atoms with E-state index < -0.39 is 0 Å². The second-order valence-electron chi connectivity index (χ2n) is 17.0. The highest BCUT2D eigenvalue weighted by Gasteiger charge is 2.29. The van der Waals surface area contributed by atoms with Crippen molar-refractivity contribution in [3.05, 3.63) is 259 Å². The Balaban J connectivity index is 0.887. The average Bonchev–Trinajstić information content (AvgIpc) is 3.85. The van der Waals surface area contributed by atoms with Gasteiger partial charge in [-0.05, 0) is 147 Å². The predicted molar refractivity (Wildman–Crippen MR) is 271 cm³/mol. The summed E-state index contributed by atoms with van der Waals surface area (Å²) in [6.45, 7) is 2.28. The Morgan fingerprint density at radius 3 is 1.59 bits per heavy atom. The summed E-state index contributed by atoms with van der Waals surface area (Å²) in [5.41, 5.74) is 22.0. The highest BCUT2D eigenvalue weighted by atomic mass is 15.1. The van der Waals surface area contributed by atoms with Crippen LogP contribution in [0.25, 0.3) is 77.6 Å². The first-order valence-electron chi connectivity index (χ1n) is 22.2. The van der Waals surface area contributed by atoms with Gasteiger partial charge in [0.25, 0.3) is 0 Å². The maximum atomic E-state index is 2.45. The van der Waals surface area contributed by atoms with Crippen LogP contribution >= 0.6 is 0 Å². The van der Waals surface area contributed by atoms with Gasteiger partial charge in [-0.3, -0.25) is 0 Å². The van der Waals surface area contributed by atoms with Gasteiger partial charge in [-0.25, -0.2) is 0 Å². The number of nitrogens with zero attached hydrogens (tertiary/aromatic N) is 2. The predicted octanol–water partition coefficient (Wildman–Crippen LogP) is 16.9. The number of hydrogen-bond acceptors (Lipinski definition) is 1. The van der Waals surface area contributed by atoms with Crippen molar-refractivity contribution in [2.24, 2.45) is 0 Å². The summed E-state index contributed by atoms with van der Waals surface area (Å²) in [5, 5.41) is 2.58. The van der Waals surface area contributed by atoms with Gasteiger partial charge >= 0.3 is 0 Å².